The lowest BCUT2D eigenvalue weighted by Gasteiger charge is -2.07. The molecule has 0 aliphatic carbocycles. The number of ether oxygens (including phenoxy) is 1. The predicted octanol–water partition coefficient (Wildman–Crippen LogP) is 2.70. The van der Waals surface area contributed by atoms with Crippen LogP contribution in [0, 0.1) is 0 Å². The van der Waals surface area contributed by atoms with Gasteiger partial charge in [0.15, 0.2) is 9.84 Å². The summed E-state index contributed by atoms with van der Waals surface area (Å²) in [6.45, 7) is 1.15. The Morgan fingerprint density at radius 1 is 1.23 bits per heavy atom. The van der Waals surface area contributed by atoms with Crippen molar-refractivity contribution >= 4 is 38.9 Å². The van der Waals surface area contributed by atoms with Gasteiger partial charge in [-0.15, -0.1) is 0 Å². The van der Waals surface area contributed by atoms with Gasteiger partial charge in [0.05, 0.1) is 20.7 Å². The van der Waals surface area contributed by atoms with Crippen molar-refractivity contribution in [1.29, 1.82) is 0 Å². The maximum absolute atomic E-state index is 12.1. The van der Waals surface area contributed by atoms with Gasteiger partial charge in [-0.2, -0.15) is 0 Å². The first-order valence-corrected chi connectivity index (χ1v) is 9.21. The van der Waals surface area contributed by atoms with E-state index >= 15 is 0 Å². The molecule has 0 aliphatic heterocycles. The first kappa shape index (κ1) is 19.2. The predicted molar refractivity (Wildman–Crippen MR) is 87.3 cm³/mol. The summed E-state index contributed by atoms with van der Waals surface area (Å²) in [4.78, 5) is 11.7. The number of halogens is 2. The number of unbranched alkanes of at least 4 members (excludes halogenated alkanes) is 1. The third kappa shape index (κ3) is 6.52. The molecule has 0 aliphatic rings. The second-order valence-corrected chi connectivity index (χ2v) is 7.62. The quantitative estimate of drug-likeness (QED) is 0.681. The zero-order valence-corrected chi connectivity index (χ0v) is 14.6. The summed E-state index contributed by atoms with van der Waals surface area (Å²) in [5.74, 6) is -0.560. The minimum atomic E-state index is -3.56. The summed E-state index contributed by atoms with van der Waals surface area (Å²) in [5, 5.41) is 3.14. The monoisotopic (exact) mass is 367 g/mol. The van der Waals surface area contributed by atoms with Crippen LogP contribution in [0.25, 0.3) is 0 Å². The van der Waals surface area contributed by atoms with Crippen molar-refractivity contribution in [3.63, 3.8) is 0 Å². The van der Waals surface area contributed by atoms with Gasteiger partial charge in [-0.05, 0) is 31.0 Å². The summed E-state index contributed by atoms with van der Waals surface area (Å²) < 4.78 is 29.1. The van der Waals surface area contributed by atoms with Crippen molar-refractivity contribution in [2.75, 3.05) is 26.0 Å². The van der Waals surface area contributed by atoms with E-state index < -0.39 is 9.84 Å². The molecule has 5 nitrogen and oxygen atoms in total. The molecule has 0 spiro atoms. The molecule has 1 N–H and O–H groups in total. The van der Waals surface area contributed by atoms with Crippen LogP contribution in [-0.2, 0) is 19.4 Å². The van der Waals surface area contributed by atoms with Gasteiger partial charge in [-0.3, -0.25) is 4.79 Å². The van der Waals surface area contributed by atoms with E-state index in [2.05, 4.69) is 5.32 Å². The molecule has 22 heavy (non-hydrogen) atoms. The molecular formula is C14H19Cl2NO4S. The largest absolute Gasteiger partial charge is 0.385 e. The molecule has 0 fully saturated rings. The molecule has 1 aromatic carbocycles. The third-order valence-electron chi connectivity index (χ3n) is 2.95. The lowest BCUT2D eigenvalue weighted by atomic mass is 10.3. The Hall–Kier alpha value is -0.820. The number of rotatable bonds is 9. The summed E-state index contributed by atoms with van der Waals surface area (Å²) in [6, 6.07) is 4.10. The minimum absolute atomic E-state index is 0.0646. The van der Waals surface area contributed by atoms with Gasteiger partial charge in [-0.1, -0.05) is 23.2 Å². The Kier molecular flexibility index (Phi) is 8.17. The van der Waals surface area contributed by atoms with E-state index in [1.54, 1.807) is 7.11 Å². The van der Waals surface area contributed by atoms with Crippen LogP contribution in [0.5, 0.6) is 0 Å². The Morgan fingerprint density at radius 3 is 2.59 bits per heavy atom. The number of nitrogens with one attached hydrogen (secondary N) is 1. The fraction of sp³-hybridized carbons (Fsp3) is 0.500. The van der Waals surface area contributed by atoms with E-state index in [4.69, 9.17) is 27.9 Å². The molecule has 8 heteroatoms. The van der Waals surface area contributed by atoms with Crippen LogP contribution < -0.4 is 5.32 Å². The molecule has 0 radical (unpaired) electrons. The number of sulfone groups is 1. The van der Waals surface area contributed by atoms with E-state index in [-0.39, 0.29) is 33.0 Å². The fourth-order valence-electron chi connectivity index (χ4n) is 1.70. The van der Waals surface area contributed by atoms with Crippen LogP contribution in [0.4, 0.5) is 0 Å². The zero-order chi connectivity index (χ0) is 16.6. The van der Waals surface area contributed by atoms with E-state index in [1.165, 1.54) is 18.2 Å². The molecule has 0 saturated heterocycles. The maximum atomic E-state index is 12.1. The number of carbonyl (C=O) groups excluding carboxylic acids is 1. The van der Waals surface area contributed by atoms with Gasteiger partial charge in [0.1, 0.15) is 0 Å². The van der Waals surface area contributed by atoms with E-state index in [9.17, 15) is 13.2 Å². The normalized spacial score (nSPS) is 11.4. The molecule has 0 heterocycles. The minimum Gasteiger partial charge on any atom is -0.385 e. The second-order valence-electron chi connectivity index (χ2n) is 4.69. The van der Waals surface area contributed by atoms with Gasteiger partial charge in [0.25, 0.3) is 0 Å². The second kappa shape index (κ2) is 9.35. The van der Waals surface area contributed by atoms with E-state index in [1.807, 2.05) is 0 Å². The number of amides is 1. The Labute approximate surface area is 140 Å². The van der Waals surface area contributed by atoms with E-state index in [0.717, 1.165) is 12.8 Å². The van der Waals surface area contributed by atoms with E-state index in [0.29, 0.717) is 13.2 Å². The number of hydrogen-bond acceptors (Lipinski definition) is 4. The molecule has 124 valence electrons. The van der Waals surface area contributed by atoms with Gasteiger partial charge < -0.3 is 10.1 Å². The standard InChI is InChI=1S/C14H19Cl2NO4S/c1-21-8-3-2-7-17-14(18)6-9-22(19,20)11-4-5-12(15)13(16)10-11/h4-5,10H,2-3,6-9H2,1H3,(H,17,18). The van der Waals surface area contributed by atoms with Crippen LogP contribution in [0.3, 0.4) is 0 Å². The average Bonchev–Trinajstić information content (AvgIpc) is 2.48. The Bertz CT molecular complexity index is 605. The van der Waals surface area contributed by atoms with Gasteiger partial charge >= 0.3 is 0 Å². The fourth-order valence-corrected chi connectivity index (χ4v) is 3.33. The maximum Gasteiger partial charge on any atom is 0.221 e. The van der Waals surface area contributed by atoms with Crippen molar-refractivity contribution in [1.82, 2.24) is 5.32 Å². The molecule has 0 atom stereocenters. The smallest absolute Gasteiger partial charge is 0.221 e. The van der Waals surface area contributed by atoms with Crippen molar-refractivity contribution in [2.45, 2.75) is 24.2 Å². The van der Waals surface area contributed by atoms with Crippen molar-refractivity contribution < 1.29 is 17.9 Å². The van der Waals surface area contributed by atoms with Crippen molar-refractivity contribution in [3.05, 3.63) is 28.2 Å². The highest BCUT2D eigenvalue weighted by Crippen LogP contribution is 2.25. The number of hydrogen-bond donors (Lipinski definition) is 1. The Balaban J connectivity index is 2.45. The number of methoxy groups -OCH3 is 1. The van der Waals surface area contributed by atoms with Crippen molar-refractivity contribution in [3.8, 4) is 0 Å². The molecule has 1 rings (SSSR count). The lowest BCUT2D eigenvalue weighted by molar-refractivity contribution is -0.120. The third-order valence-corrected chi connectivity index (χ3v) is 5.40. The van der Waals surface area contributed by atoms with Crippen molar-refractivity contribution in [2.24, 2.45) is 0 Å². The Morgan fingerprint density at radius 2 is 1.95 bits per heavy atom. The highest BCUT2D eigenvalue weighted by Gasteiger charge is 2.17. The van der Waals surface area contributed by atoms with Gasteiger partial charge in [0.2, 0.25) is 5.91 Å². The number of benzene rings is 1. The highest BCUT2D eigenvalue weighted by molar-refractivity contribution is 7.91. The first-order chi connectivity index (χ1) is 10.4. The van der Waals surface area contributed by atoms with Crippen LogP contribution >= 0.6 is 23.2 Å². The molecule has 0 bridgehead atoms. The summed E-state index contributed by atoms with van der Waals surface area (Å²) in [6.07, 6.45) is 1.55. The van der Waals surface area contributed by atoms with Crippen LogP contribution in [-0.4, -0.2) is 40.3 Å². The molecule has 0 saturated carbocycles. The van der Waals surface area contributed by atoms with Crippen LogP contribution in [0.1, 0.15) is 19.3 Å². The highest BCUT2D eigenvalue weighted by atomic mass is 35.5. The molecule has 0 unspecified atom stereocenters. The molecule has 0 aromatic heterocycles. The molecule has 1 amide bonds. The van der Waals surface area contributed by atoms with Gasteiger partial charge in [0, 0.05) is 26.7 Å². The summed E-state index contributed by atoms with van der Waals surface area (Å²) in [7, 11) is -1.94. The average molecular weight is 368 g/mol. The summed E-state index contributed by atoms with van der Waals surface area (Å²) in [5.41, 5.74) is 0. The van der Waals surface area contributed by atoms with Crippen LogP contribution in [0.15, 0.2) is 23.1 Å². The SMILES string of the molecule is COCCCCNC(=O)CCS(=O)(=O)c1ccc(Cl)c(Cl)c1. The van der Waals surface area contributed by atoms with Crippen LogP contribution in [0.2, 0.25) is 10.0 Å². The molecule has 1 aromatic rings. The summed E-state index contributed by atoms with van der Waals surface area (Å²) >= 11 is 11.6. The molecular weight excluding hydrogens is 349 g/mol. The number of carbonyl (C=O) groups is 1. The van der Waals surface area contributed by atoms with Gasteiger partial charge in [-0.25, -0.2) is 8.42 Å². The zero-order valence-electron chi connectivity index (χ0n) is 12.3. The first-order valence-electron chi connectivity index (χ1n) is 6.80. The lowest BCUT2D eigenvalue weighted by Crippen LogP contribution is -2.26. The topological polar surface area (TPSA) is 72.5 Å².